The first-order chi connectivity index (χ1) is 25.1. The van der Waals surface area contributed by atoms with Gasteiger partial charge >= 0.3 is 6.03 Å². The molecule has 4 aromatic rings. The van der Waals surface area contributed by atoms with E-state index in [1.165, 1.54) is 5.56 Å². The monoisotopic (exact) mass is 698 g/mol. The van der Waals surface area contributed by atoms with E-state index in [4.69, 9.17) is 24.9 Å². The normalized spacial score (nSPS) is 18.7. The fourth-order valence-corrected chi connectivity index (χ4v) is 6.78. The fourth-order valence-electron chi connectivity index (χ4n) is 6.78. The summed E-state index contributed by atoms with van der Waals surface area (Å²) in [6.45, 7) is 12.4. The van der Waals surface area contributed by atoms with Gasteiger partial charge in [0.05, 0.1) is 30.5 Å². The van der Waals surface area contributed by atoms with Gasteiger partial charge in [-0.1, -0.05) is 79.9 Å². The first-order valence-electron chi connectivity index (χ1n) is 18.2. The minimum Gasteiger partial charge on any atom is -0.483 e. The second-order valence-electron chi connectivity index (χ2n) is 14.9. The number of carbonyl (C=O) groups excluding carboxylic acids is 1. The molecule has 1 aliphatic carbocycles. The second kappa shape index (κ2) is 15.2. The molecule has 2 aliphatic heterocycles. The average Bonchev–Trinajstić information content (AvgIpc) is 3.11. The number of ether oxygens (including phenoxy) is 2. The van der Waals surface area contributed by atoms with Gasteiger partial charge in [0.1, 0.15) is 18.1 Å². The molecular formula is C42H48N7O3+. The molecule has 7 rings (SSSR count). The summed E-state index contributed by atoms with van der Waals surface area (Å²) >= 11 is 0. The summed E-state index contributed by atoms with van der Waals surface area (Å²) in [6, 6.07) is 28.0. The molecule has 10 nitrogen and oxygen atoms in total. The van der Waals surface area contributed by atoms with Crippen LogP contribution in [0.2, 0.25) is 0 Å². The SMILES string of the molecule is Cc1ccc(N=C(CC(=N)C(C)(C)C)NC(=O)NC2CCC(Oc3ccc4[n+](c3)=C(c3cccc(CN5CCOCC5)c3)N=4)c3ccccc32)cc1. The molecule has 2 unspecified atom stereocenters. The van der Waals surface area contributed by atoms with Crippen molar-refractivity contribution in [2.24, 2.45) is 15.4 Å². The lowest BCUT2D eigenvalue weighted by molar-refractivity contribution is -0.562. The minimum atomic E-state index is -0.343. The van der Waals surface area contributed by atoms with Crippen molar-refractivity contribution in [2.75, 3.05) is 26.3 Å². The number of amidine groups is 1. The number of pyridine rings is 1. The molecule has 0 bridgehead atoms. The summed E-state index contributed by atoms with van der Waals surface area (Å²) in [5.41, 5.74) is 7.33. The van der Waals surface area contributed by atoms with E-state index in [1.807, 2.05) is 82.4 Å². The Morgan fingerprint density at radius 2 is 1.77 bits per heavy atom. The van der Waals surface area contributed by atoms with Gasteiger partial charge in [0.2, 0.25) is 0 Å². The predicted molar refractivity (Wildman–Crippen MR) is 202 cm³/mol. The van der Waals surface area contributed by atoms with E-state index in [-0.39, 0.29) is 30.0 Å². The summed E-state index contributed by atoms with van der Waals surface area (Å²) in [6.07, 6.45) is 3.54. The van der Waals surface area contributed by atoms with Crippen LogP contribution in [0.15, 0.2) is 101 Å². The number of amides is 2. The molecule has 52 heavy (non-hydrogen) atoms. The van der Waals surface area contributed by atoms with Crippen LogP contribution in [0.25, 0.3) is 0 Å². The molecule has 1 aromatic heterocycles. The Morgan fingerprint density at radius 3 is 2.54 bits per heavy atom. The fraction of sp³-hybridized carbons (Fsp3) is 0.357. The predicted octanol–water partition coefficient (Wildman–Crippen LogP) is 6.57. The number of nitrogens with one attached hydrogen (secondary N) is 3. The summed E-state index contributed by atoms with van der Waals surface area (Å²) in [7, 11) is 0. The Balaban J connectivity index is 1.05. The number of rotatable bonds is 9. The van der Waals surface area contributed by atoms with Crippen molar-refractivity contribution in [3.05, 3.63) is 130 Å². The molecule has 3 aliphatic rings. The number of hydrogen-bond acceptors (Lipinski definition) is 7. The zero-order chi connectivity index (χ0) is 36.2. The Kier molecular flexibility index (Phi) is 10.3. The van der Waals surface area contributed by atoms with Gasteiger partial charge in [0.15, 0.2) is 5.75 Å². The van der Waals surface area contributed by atoms with Crippen molar-refractivity contribution in [1.82, 2.24) is 15.5 Å². The third kappa shape index (κ3) is 8.30. The van der Waals surface area contributed by atoms with E-state index in [9.17, 15) is 4.79 Å². The molecule has 2 amide bonds. The van der Waals surface area contributed by atoms with Gasteiger partial charge in [-0.15, -0.1) is 0 Å². The third-order valence-corrected chi connectivity index (χ3v) is 9.87. The number of benzene rings is 3. The topological polar surface area (TPSA) is 117 Å². The van der Waals surface area contributed by atoms with Gasteiger partial charge in [-0.05, 0) is 72.2 Å². The summed E-state index contributed by atoms with van der Waals surface area (Å²) in [5.74, 6) is 2.12. The highest BCUT2D eigenvalue weighted by atomic mass is 16.5. The maximum atomic E-state index is 13.5. The molecule has 1 saturated heterocycles. The quantitative estimate of drug-likeness (QED) is 0.104. The molecule has 10 heteroatoms. The molecule has 0 spiro atoms. The van der Waals surface area contributed by atoms with Gasteiger partial charge in [0, 0.05) is 37.8 Å². The van der Waals surface area contributed by atoms with Crippen LogP contribution in [0.1, 0.15) is 80.0 Å². The van der Waals surface area contributed by atoms with E-state index in [2.05, 4.69) is 56.2 Å². The second-order valence-corrected chi connectivity index (χ2v) is 14.9. The van der Waals surface area contributed by atoms with E-state index < -0.39 is 0 Å². The highest BCUT2D eigenvalue weighted by Crippen LogP contribution is 2.38. The number of aliphatic imine (C=N–C) groups is 1. The maximum absolute atomic E-state index is 13.5. The van der Waals surface area contributed by atoms with Crippen molar-refractivity contribution in [3.8, 4) is 5.75 Å². The molecule has 268 valence electrons. The summed E-state index contributed by atoms with van der Waals surface area (Å²) in [5, 5.41) is 14.8. The van der Waals surface area contributed by atoms with Crippen LogP contribution >= 0.6 is 0 Å². The third-order valence-electron chi connectivity index (χ3n) is 9.87. The lowest BCUT2D eigenvalue weighted by Gasteiger charge is -2.32. The number of hydrogen-bond donors (Lipinski definition) is 3. The lowest BCUT2D eigenvalue weighted by atomic mass is 9.85. The smallest absolute Gasteiger partial charge is 0.320 e. The highest BCUT2D eigenvalue weighted by Gasteiger charge is 2.30. The van der Waals surface area contributed by atoms with Crippen LogP contribution in [0, 0.1) is 23.6 Å². The number of carbonyl (C=O) groups is 1. The molecule has 3 aromatic carbocycles. The Morgan fingerprint density at radius 1 is 1.00 bits per heavy atom. The van der Waals surface area contributed by atoms with Gasteiger partial charge in [-0.2, -0.15) is 4.24 Å². The molecule has 3 N–H and O–H groups in total. The zero-order valence-corrected chi connectivity index (χ0v) is 30.5. The van der Waals surface area contributed by atoms with Gasteiger partial charge in [-0.3, -0.25) is 10.2 Å². The summed E-state index contributed by atoms with van der Waals surface area (Å²) < 4.78 is 14.3. The lowest BCUT2D eigenvalue weighted by Crippen LogP contribution is -2.48. The van der Waals surface area contributed by atoms with Gasteiger partial charge < -0.3 is 20.2 Å². The molecule has 2 atom stereocenters. The van der Waals surface area contributed by atoms with Crippen LogP contribution in [0.4, 0.5) is 10.5 Å². The Labute approximate surface area is 305 Å². The van der Waals surface area contributed by atoms with Crippen LogP contribution in [-0.4, -0.2) is 48.8 Å². The number of nitrogens with zero attached hydrogens (tertiary/aromatic N) is 4. The van der Waals surface area contributed by atoms with Crippen LogP contribution in [0.5, 0.6) is 5.75 Å². The minimum absolute atomic E-state index is 0.167. The number of fused-ring (bicyclic) bond motifs is 2. The van der Waals surface area contributed by atoms with E-state index in [0.29, 0.717) is 18.0 Å². The van der Waals surface area contributed by atoms with Crippen molar-refractivity contribution in [2.45, 2.75) is 65.6 Å². The summed E-state index contributed by atoms with van der Waals surface area (Å²) in [4.78, 5) is 25.5. The van der Waals surface area contributed by atoms with Crippen molar-refractivity contribution < 1.29 is 18.5 Å². The number of urea groups is 1. The number of morpholine rings is 1. The largest absolute Gasteiger partial charge is 0.483 e. The van der Waals surface area contributed by atoms with Crippen molar-refractivity contribution in [1.29, 1.82) is 5.41 Å². The van der Waals surface area contributed by atoms with E-state index in [0.717, 1.165) is 84.3 Å². The van der Waals surface area contributed by atoms with Crippen LogP contribution in [0.3, 0.4) is 0 Å². The zero-order valence-electron chi connectivity index (χ0n) is 30.5. The Hall–Kier alpha value is -5.19. The standard InChI is InChI=1S/C42H47N7O3/c1-28-12-14-31(15-13-28)44-38(25-37(43)42(2,3)4)46-41(50)45-35-17-18-36(34-11-6-5-10-33(34)35)52-32-16-19-39-47-40(49(39)27-32)30-9-7-8-29(24-30)26-48-20-22-51-23-21-48/h5-16,19,24,27,35-36,43H,17-18,20-23,25-26H2,1-4H3,(H-,44,45,46,50)/p+1. The number of aromatic nitrogens is 1. The molecule has 0 radical (unpaired) electrons. The van der Waals surface area contributed by atoms with Crippen LogP contribution in [-0.2, 0) is 11.3 Å². The first-order valence-corrected chi connectivity index (χ1v) is 18.2. The maximum Gasteiger partial charge on any atom is 0.320 e. The van der Waals surface area contributed by atoms with Crippen molar-refractivity contribution in [3.63, 3.8) is 0 Å². The molecule has 0 saturated carbocycles. The Bertz CT molecular complexity index is 2110. The van der Waals surface area contributed by atoms with Gasteiger partial charge in [-0.25, -0.2) is 9.79 Å². The molecule has 1 fully saturated rings. The highest BCUT2D eigenvalue weighted by molar-refractivity contribution is 6.09. The van der Waals surface area contributed by atoms with Crippen molar-refractivity contribution >= 4 is 23.3 Å². The van der Waals surface area contributed by atoms with E-state index >= 15 is 0 Å². The molecule has 3 heterocycles. The number of aryl methyl sites for hydroxylation is 1. The first kappa shape index (κ1) is 35.2. The van der Waals surface area contributed by atoms with Gasteiger partial charge in [0.25, 0.3) is 11.3 Å². The van der Waals surface area contributed by atoms with Crippen LogP contribution < -0.4 is 25.1 Å². The average molecular weight is 699 g/mol. The van der Waals surface area contributed by atoms with E-state index in [1.54, 1.807) is 0 Å². The molecular weight excluding hydrogens is 651 g/mol.